The van der Waals surface area contributed by atoms with Crippen LogP contribution in [0, 0.1) is 13.8 Å². The van der Waals surface area contributed by atoms with Gasteiger partial charge in [-0.1, -0.05) is 36.4 Å². The minimum Gasteiger partial charge on any atom is -0.504 e. The van der Waals surface area contributed by atoms with Crippen LogP contribution in [-0.4, -0.2) is 64.8 Å². The van der Waals surface area contributed by atoms with Crippen LogP contribution in [0.1, 0.15) is 59.6 Å². The molecule has 2 atom stereocenters. The van der Waals surface area contributed by atoms with E-state index in [4.69, 9.17) is 19.4 Å². The molecule has 50 heavy (non-hydrogen) atoms. The summed E-state index contributed by atoms with van der Waals surface area (Å²) in [6.45, 7) is 18.5. The maximum Gasteiger partial charge on any atom is 0.336 e. The Morgan fingerprint density at radius 3 is 1.24 bits per heavy atom. The Hall–Kier alpha value is -5.46. The van der Waals surface area contributed by atoms with Gasteiger partial charge in [0, 0.05) is 38.5 Å². The maximum absolute atomic E-state index is 13.4. The van der Waals surface area contributed by atoms with Crippen molar-refractivity contribution in [2.24, 2.45) is 0 Å². The molecule has 2 unspecified atom stereocenters. The van der Waals surface area contributed by atoms with Crippen molar-refractivity contribution in [1.29, 1.82) is 0 Å². The predicted molar refractivity (Wildman–Crippen MR) is 185 cm³/mol. The topological polar surface area (TPSA) is 200 Å². The number of hydrogen-bond donors (Lipinski definition) is 6. The van der Waals surface area contributed by atoms with E-state index in [1.807, 2.05) is 0 Å². The number of nitrogens with zero attached hydrogens (tertiary/aromatic N) is 2. The molecular formula is C38H44N2O10. The summed E-state index contributed by atoms with van der Waals surface area (Å²) in [6.07, 6.45) is 2.63. The number of phenolic OH excluding ortho intramolecular Hbond substituents is 4. The quantitative estimate of drug-likeness (QED) is 0.0601. The number of aliphatic hydroxyl groups excluding tert-OH is 2. The van der Waals surface area contributed by atoms with E-state index in [-0.39, 0.29) is 61.4 Å². The Morgan fingerprint density at radius 1 is 0.640 bits per heavy atom. The highest BCUT2D eigenvalue weighted by atomic mass is 16.6. The highest BCUT2D eigenvalue weighted by molar-refractivity contribution is 5.76. The third kappa shape index (κ3) is 8.95. The Balaban J connectivity index is 2.02. The average Bonchev–Trinajstić information content (AvgIpc) is 3.05. The average molecular weight is 689 g/mol. The molecule has 1 aromatic heterocycles. The van der Waals surface area contributed by atoms with E-state index in [1.165, 1.54) is 60.7 Å². The molecule has 3 aromatic rings. The molecule has 266 valence electrons. The Morgan fingerprint density at radius 2 is 0.960 bits per heavy atom. The van der Waals surface area contributed by atoms with Gasteiger partial charge in [-0.2, -0.15) is 0 Å². The second-order valence-corrected chi connectivity index (χ2v) is 12.0. The molecule has 0 bridgehead atoms. The number of esters is 2. The van der Waals surface area contributed by atoms with Crippen LogP contribution in [0.15, 0.2) is 87.0 Å². The first-order valence-corrected chi connectivity index (χ1v) is 15.8. The normalized spacial score (nSPS) is 12.7. The van der Waals surface area contributed by atoms with Crippen LogP contribution in [-0.2, 0) is 43.1 Å². The van der Waals surface area contributed by atoms with Gasteiger partial charge in [0.05, 0.1) is 11.4 Å². The van der Waals surface area contributed by atoms with Gasteiger partial charge in [0.15, 0.2) is 46.4 Å². The van der Waals surface area contributed by atoms with Crippen LogP contribution >= 0.6 is 0 Å². The number of aromatic hydroxyl groups is 4. The highest BCUT2D eigenvalue weighted by Gasteiger charge is 2.43. The van der Waals surface area contributed by atoms with Crippen LogP contribution in [0.2, 0.25) is 0 Å². The van der Waals surface area contributed by atoms with E-state index in [0.717, 1.165) is 0 Å². The molecule has 0 fully saturated rings. The molecular weight excluding hydrogens is 644 g/mol. The number of ether oxygens (including phenoxy) is 2. The first kappa shape index (κ1) is 39.0. The van der Waals surface area contributed by atoms with Crippen molar-refractivity contribution in [3.05, 3.63) is 121 Å². The van der Waals surface area contributed by atoms with Crippen LogP contribution in [0.25, 0.3) is 0 Å². The minimum absolute atomic E-state index is 0.0598. The van der Waals surface area contributed by atoms with Gasteiger partial charge >= 0.3 is 11.9 Å². The maximum atomic E-state index is 13.4. The summed E-state index contributed by atoms with van der Waals surface area (Å²) in [4.78, 5) is 36.3. The van der Waals surface area contributed by atoms with Gasteiger partial charge in [0.25, 0.3) is 0 Å². The SMILES string of the molecule is C=CCC(CC=C)(OC(=O)C(O)Cc1ccc(O)c(O)c1)c1nc(C)c(C(CC=C)(CC=C)OC(=O)C(O)Cc2ccc(O)c(O)c2)nc1C. The smallest absolute Gasteiger partial charge is 0.336 e. The Labute approximate surface area is 291 Å². The third-order valence-electron chi connectivity index (χ3n) is 8.08. The number of carbonyl (C=O) groups is 2. The first-order valence-electron chi connectivity index (χ1n) is 15.8. The van der Waals surface area contributed by atoms with E-state index < -0.39 is 46.8 Å². The van der Waals surface area contributed by atoms with E-state index in [1.54, 1.807) is 13.8 Å². The van der Waals surface area contributed by atoms with Gasteiger partial charge in [-0.3, -0.25) is 0 Å². The van der Waals surface area contributed by atoms with Crippen molar-refractivity contribution in [3.8, 4) is 23.0 Å². The van der Waals surface area contributed by atoms with E-state index in [2.05, 4.69) is 26.3 Å². The van der Waals surface area contributed by atoms with Crippen LogP contribution in [0.4, 0.5) is 0 Å². The standard InChI is InChI=1S/C38H44N2O10/c1-7-15-37(16-8-2,49-35(47)31(45)21-25-11-13-27(41)29(43)19-25)33-23(5)40-34(24(6)39-33)38(17-9-3,18-10-4)50-36(48)32(46)22-26-12-14-28(42)30(44)20-26/h7-14,19-20,31-32,41-46H,1-4,15-18,21-22H2,5-6H3. The third-order valence-corrected chi connectivity index (χ3v) is 8.08. The molecule has 1 heterocycles. The fraction of sp³-hybridized carbons (Fsp3) is 0.316. The fourth-order valence-corrected chi connectivity index (χ4v) is 5.74. The molecule has 2 aromatic carbocycles. The summed E-state index contributed by atoms with van der Waals surface area (Å²) in [5.41, 5.74) is -1.16. The van der Waals surface area contributed by atoms with Gasteiger partial charge in [-0.25, -0.2) is 19.6 Å². The number of hydrogen-bond acceptors (Lipinski definition) is 12. The summed E-state index contributed by atoms with van der Waals surface area (Å²) >= 11 is 0. The van der Waals surface area contributed by atoms with Crippen molar-refractivity contribution in [2.75, 3.05) is 0 Å². The Bertz CT molecular complexity index is 1600. The molecule has 0 radical (unpaired) electrons. The number of phenols is 4. The number of carbonyl (C=O) groups excluding carboxylic acids is 2. The number of benzene rings is 2. The predicted octanol–water partition coefficient (Wildman–Crippen LogP) is 4.90. The second kappa shape index (κ2) is 16.8. The van der Waals surface area contributed by atoms with E-state index >= 15 is 0 Å². The van der Waals surface area contributed by atoms with Gasteiger partial charge in [-0.15, -0.1) is 26.3 Å². The minimum atomic E-state index is -1.65. The lowest BCUT2D eigenvalue weighted by Crippen LogP contribution is -2.41. The molecule has 0 spiro atoms. The number of aliphatic hydroxyl groups is 2. The molecule has 0 saturated heterocycles. The van der Waals surface area contributed by atoms with Crippen LogP contribution in [0.3, 0.4) is 0 Å². The van der Waals surface area contributed by atoms with Gasteiger partial charge < -0.3 is 40.1 Å². The fourth-order valence-electron chi connectivity index (χ4n) is 5.74. The first-order chi connectivity index (χ1) is 23.6. The molecule has 0 aliphatic rings. The highest BCUT2D eigenvalue weighted by Crippen LogP contribution is 2.40. The monoisotopic (exact) mass is 688 g/mol. The summed E-state index contributed by atoms with van der Waals surface area (Å²) in [7, 11) is 0. The zero-order chi connectivity index (χ0) is 37.2. The van der Waals surface area contributed by atoms with E-state index in [9.17, 15) is 40.2 Å². The molecule has 3 rings (SSSR count). The van der Waals surface area contributed by atoms with Gasteiger partial charge in [0.1, 0.15) is 11.4 Å². The van der Waals surface area contributed by atoms with Gasteiger partial charge in [0.2, 0.25) is 0 Å². The molecule has 0 amide bonds. The van der Waals surface area contributed by atoms with Crippen molar-refractivity contribution >= 4 is 11.9 Å². The molecule has 0 aliphatic carbocycles. The van der Waals surface area contributed by atoms with Gasteiger partial charge in [-0.05, 0) is 49.2 Å². The number of aromatic nitrogens is 2. The Kier molecular flexibility index (Phi) is 13.1. The number of aryl methyl sites for hydroxylation is 2. The van der Waals surface area contributed by atoms with Crippen molar-refractivity contribution in [2.45, 2.75) is 75.8 Å². The lowest BCUT2D eigenvalue weighted by Gasteiger charge is -2.36. The largest absolute Gasteiger partial charge is 0.504 e. The molecule has 0 saturated carbocycles. The van der Waals surface area contributed by atoms with Crippen LogP contribution in [0.5, 0.6) is 23.0 Å². The summed E-state index contributed by atoms with van der Waals surface area (Å²) in [6, 6.07) is 7.84. The molecule has 12 nitrogen and oxygen atoms in total. The summed E-state index contributed by atoms with van der Waals surface area (Å²) in [5.74, 6) is -3.47. The molecule has 0 aliphatic heterocycles. The van der Waals surface area contributed by atoms with Crippen LogP contribution < -0.4 is 0 Å². The van der Waals surface area contributed by atoms with Crippen molar-refractivity contribution in [3.63, 3.8) is 0 Å². The summed E-state index contributed by atoms with van der Waals surface area (Å²) in [5, 5.41) is 60.5. The second-order valence-electron chi connectivity index (χ2n) is 12.0. The van der Waals surface area contributed by atoms with Crippen molar-refractivity contribution in [1.82, 2.24) is 9.97 Å². The van der Waals surface area contributed by atoms with Crippen molar-refractivity contribution < 1.29 is 49.7 Å². The number of rotatable bonds is 18. The van der Waals surface area contributed by atoms with E-state index in [0.29, 0.717) is 22.5 Å². The lowest BCUT2D eigenvalue weighted by atomic mass is 9.86. The molecule has 6 N–H and O–H groups in total. The molecule has 12 heteroatoms. The zero-order valence-electron chi connectivity index (χ0n) is 28.2. The summed E-state index contributed by atoms with van der Waals surface area (Å²) < 4.78 is 12.0. The lowest BCUT2D eigenvalue weighted by molar-refractivity contribution is -0.173. The zero-order valence-corrected chi connectivity index (χ0v) is 28.2.